The van der Waals surface area contributed by atoms with E-state index in [0.717, 1.165) is 11.4 Å². The summed E-state index contributed by atoms with van der Waals surface area (Å²) in [6, 6.07) is 19.5. The first-order valence-electron chi connectivity index (χ1n) is 9.17. The molecule has 27 heavy (non-hydrogen) atoms. The predicted octanol–water partition coefficient (Wildman–Crippen LogP) is 5.06. The van der Waals surface area contributed by atoms with Crippen LogP contribution in [0.2, 0.25) is 0 Å². The summed E-state index contributed by atoms with van der Waals surface area (Å²) in [5.41, 5.74) is 1.80. The number of hydrogen-bond acceptors (Lipinski definition) is 3. The second-order valence-electron chi connectivity index (χ2n) is 6.33. The fourth-order valence-corrected chi connectivity index (χ4v) is 6.29. The van der Waals surface area contributed by atoms with Gasteiger partial charge in [-0.3, -0.25) is 9.36 Å². The van der Waals surface area contributed by atoms with Gasteiger partial charge in [-0.2, -0.15) is 0 Å². The molecule has 142 valence electrons. The van der Waals surface area contributed by atoms with Crippen molar-refractivity contribution in [1.82, 2.24) is 0 Å². The van der Waals surface area contributed by atoms with Crippen LogP contribution in [0.15, 0.2) is 72.6 Å². The topological polar surface area (TPSA) is 49.9 Å². The maximum atomic E-state index is 14.3. The van der Waals surface area contributed by atoms with Crippen LogP contribution in [0.3, 0.4) is 0 Å². The van der Waals surface area contributed by atoms with E-state index in [1.54, 1.807) is 6.92 Å². The van der Waals surface area contributed by atoms with Gasteiger partial charge in [0.05, 0.1) is 6.61 Å². The van der Waals surface area contributed by atoms with Gasteiger partial charge < -0.3 is 14.1 Å². The number of esters is 1. The van der Waals surface area contributed by atoms with Crippen LogP contribution in [-0.4, -0.2) is 25.7 Å². The van der Waals surface area contributed by atoms with Crippen molar-refractivity contribution in [1.29, 1.82) is 0 Å². The molecule has 6 heteroatoms. The molecule has 1 heterocycles. The number of allylic oxidation sites excluding steroid dienone is 1. The Hall–Kier alpha value is -2.52. The SMILES string of the molecule is C=C(CCC(=O)OCC)P1(=O)N(c2ccccc2)CCN1c1ccccc1. The minimum atomic E-state index is -3.14. The van der Waals surface area contributed by atoms with Crippen molar-refractivity contribution in [3.63, 3.8) is 0 Å². The average molecular weight is 384 g/mol. The molecule has 0 bridgehead atoms. The summed E-state index contributed by atoms with van der Waals surface area (Å²) in [5.74, 6) is -0.290. The Morgan fingerprint density at radius 2 is 1.44 bits per heavy atom. The Morgan fingerprint density at radius 3 is 1.89 bits per heavy atom. The third kappa shape index (κ3) is 3.93. The van der Waals surface area contributed by atoms with Crippen LogP contribution in [0.1, 0.15) is 19.8 Å². The van der Waals surface area contributed by atoms with Crippen LogP contribution in [-0.2, 0) is 14.1 Å². The maximum absolute atomic E-state index is 14.3. The maximum Gasteiger partial charge on any atom is 0.306 e. The number of benzene rings is 2. The molecule has 0 spiro atoms. The molecule has 0 N–H and O–H groups in total. The Morgan fingerprint density at radius 1 is 0.963 bits per heavy atom. The third-order valence-corrected chi connectivity index (χ3v) is 7.84. The standard InChI is InChI=1S/C21H25N2O3P/c1-3-26-21(24)15-14-18(2)27(25)22(19-10-6-4-7-11-19)16-17-23(27)20-12-8-5-9-13-20/h4-13H,2-3,14-17H2,1H3. The molecular weight excluding hydrogens is 359 g/mol. The number of anilines is 2. The summed E-state index contributed by atoms with van der Waals surface area (Å²) < 4.78 is 23.2. The summed E-state index contributed by atoms with van der Waals surface area (Å²) in [7, 11) is -3.14. The Balaban J connectivity index is 1.93. The molecule has 1 aliphatic rings. The molecule has 2 aromatic carbocycles. The van der Waals surface area contributed by atoms with Crippen molar-refractivity contribution in [2.45, 2.75) is 19.8 Å². The first-order chi connectivity index (χ1) is 13.1. The molecule has 0 aliphatic carbocycles. The van der Waals surface area contributed by atoms with E-state index >= 15 is 0 Å². The van der Waals surface area contributed by atoms with Crippen LogP contribution in [0, 0.1) is 0 Å². The molecule has 0 atom stereocenters. The number of carbonyl (C=O) groups is 1. The molecule has 5 nitrogen and oxygen atoms in total. The second kappa shape index (κ2) is 8.45. The highest BCUT2D eigenvalue weighted by molar-refractivity contribution is 7.71. The molecule has 0 radical (unpaired) electrons. The van der Waals surface area contributed by atoms with Crippen LogP contribution >= 0.6 is 7.44 Å². The fourth-order valence-electron chi connectivity index (χ4n) is 3.33. The van der Waals surface area contributed by atoms with Gasteiger partial charge in [-0.15, -0.1) is 0 Å². The number of nitrogens with zero attached hydrogens (tertiary/aromatic N) is 2. The van der Waals surface area contributed by atoms with Crippen molar-refractivity contribution in [3.05, 3.63) is 72.6 Å². The smallest absolute Gasteiger partial charge is 0.306 e. The van der Waals surface area contributed by atoms with Gasteiger partial charge in [0.25, 0.3) is 7.44 Å². The van der Waals surface area contributed by atoms with Gasteiger partial charge in [0, 0.05) is 36.2 Å². The zero-order valence-electron chi connectivity index (χ0n) is 15.6. The lowest BCUT2D eigenvalue weighted by Gasteiger charge is -2.34. The minimum Gasteiger partial charge on any atom is -0.466 e. The Labute approximate surface area is 160 Å². The zero-order valence-corrected chi connectivity index (χ0v) is 16.5. The molecule has 1 saturated heterocycles. The molecule has 0 aromatic heterocycles. The largest absolute Gasteiger partial charge is 0.466 e. The fraction of sp³-hybridized carbons (Fsp3) is 0.286. The van der Waals surface area contributed by atoms with Crippen LogP contribution < -0.4 is 9.34 Å². The normalized spacial score (nSPS) is 15.6. The van der Waals surface area contributed by atoms with E-state index in [1.807, 2.05) is 70.0 Å². The summed E-state index contributed by atoms with van der Waals surface area (Å²) in [5, 5.41) is 0.570. The second-order valence-corrected chi connectivity index (χ2v) is 9.02. The lowest BCUT2D eigenvalue weighted by atomic mass is 10.3. The quantitative estimate of drug-likeness (QED) is 0.493. The molecule has 3 rings (SSSR count). The van der Waals surface area contributed by atoms with E-state index in [1.165, 1.54) is 0 Å². The van der Waals surface area contributed by atoms with Crippen molar-refractivity contribution in [2.75, 3.05) is 29.0 Å². The van der Waals surface area contributed by atoms with Gasteiger partial charge in [0.15, 0.2) is 0 Å². The van der Waals surface area contributed by atoms with Crippen molar-refractivity contribution < 1.29 is 14.1 Å². The predicted molar refractivity (Wildman–Crippen MR) is 110 cm³/mol. The van der Waals surface area contributed by atoms with Crippen LogP contribution in [0.25, 0.3) is 0 Å². The van der Waals surface area contributed by atoms with E-state index in [-0.39, 0.29) is 12.4 Å². The summed E-state index contributed by atoms with van der Waals surface area (Å²) in [6.07, 6.45) is 0.519. The Bertz CT molecular complexity index is 788. The van der Waals surface area contributed by atoms with Crippen LogP contribution in [0.5, 0.6) is 0 Å². The molecule has 0 saturated carbocycles. The summed E-state index contributed by atoms with van der Waals surface area (Å²) in [4.78, 5) is 11.8. The summed E-state index contributed by atoms with van der Waals surface area (Å²) in [6.45, 7) is 7.53. The Kier molecular flexibility index (Phi) is 6.02. The molecule has 1 aliphatic heterocycles. The van der Waals surface area contributed by atoms with E-state index in [9.17, 15) is 9.36 Å². The van der Waals surface area contributed by atoms with E-state index in [0.29, 0.717) is 31.4 Å². The first-order valence-corrected chi connectivity index (χ1v) is 10.8. The molecule has 0 unspecified atom stereocenters. The number of hydrogen-bond donors (Lipinski definition) is 0. The van der Waals surface area contributed by atoms with Gasteiger partial charge in [0.1, 0.15) is 0 Å². The lowest BCUT2D eigenvalue weighted by Crippen LogP contribution is -2.20. The van der Waals surface area contributed by atoms with E-state index < -0.39 is 7.44 Å². The van der Waals surface area contributed by atoms with Gasteiger partial charge in [-0.1, -0.05) is 43.0 Å². The minimum absolute atomic E-state index is 0.182. The molecule has 0 amide bonds. The van der Waals surface area contributed by atoms with Gasteiger partial charge in [-0.25, -0.2) is 0 Å². The van der Waals surface area contributed by atoms with Crippen LogP contribution in [0.4, 0.5) is 11.4 Å². The lowest BCUT2D eigenvalue weighted by molar-refractivity contribution is -0.143. The zero-order chi connectivity index (χ0) is 19.3. The molecule has 2 aromatic rings. The number of carbonyl (C=O) groups excluding carboxylic acids is 1. The highest BCUT2D eigenvalue weighted by atomic mass is 31.2. The van der Waals surface area contributed by atoms with Gasteiger partial charge >= 0.3 is 5.97 Å². The van der Waals surface area contributed by atoms with Crippen molar-refractivity contribution in [3.8, 4) is 0 Å². The first kappa shape index (κ1) is 19.2. The van der Waals surface area contributed by atoms with Crippen molar-refractivity contribution >= 4 is 24.8 Å². The number of para-hydroxylation sites is 2. The highest BCUT2D eigenvalue weighted by Crippen LogP contribution is 2.65. The average Bonchev–Trinajstić information content (AvgIpc) is 3.06. The highest BCUT2D eigenvalue weighted by Gasteiger charge is 2.45. The number of rotatable bonds is 7. The molecular formula is C21H25N2O3P. The van der Waals surface area contributed by atoms with E-state index in [2.05, 4.69) is 6.58 Å². The molecule has 1 fully saturated rings. The monoisotopic (exact) mass is 384 g/mol. The van der Waals surface area contributed by atoms with Gasteiger partial charge in [-0.05, 0) is 37.6 Å². The number of ether oxygens (including phenoxy) is 1. The van der Waals surface area contributed by atoms with Gasteiger partial charge in [0.2, 0.25) is 0 Å². The summed E-state index contributed by atoms with van der Waals surface area (Å²) >= 11 is 0. The van der Waals surface area contributed by atoms with E-state index in [4.69, 9.17) is 4.74 Å². The third-order valence-electron chi connectivity index (χ3n) is 4.62. The van der Waals surface area contributed by atoms with Crippen molar-refractivity contribution in [2.24, 2.45) is 0 Å².